The zero-order valence-corrected chi connectivity index (χ0v) is 19.5. The molecule has 0 fully saturated rings. The van der Waals surface area contributed by atoms with Crippen LogP contribution in [0.1, 0.15) is 6.92 Å². The molecule has 120 valence electrons. The molecular formula is C17H19Cl2HfNOSi. The minimum atomic E-state index is -0.583. The Morgan fingerprint density at radius 1 is 0.913 bits per heavy atom. The van der Waals surface area contributed by atoms with Gasteiger partial charge >= 0.3 is 25.8 Å². The number of fused-ring (bicyclic) bond motifs is 3. The molecule has 0 saturated carbocycles. The summed E-state index contributed by atoms with van der Waals surface area (Å²) < 4.78 is 0. The Hall–Kier alpha value is -0.553. The summed E-state index contributed by atoms with van der Waals surface area (Å²) in [4.78, 5) is 9.11. The van der Waals surface area contributed by atoms with Crippen LogP contribution in [-0.2, 0) is 30.6 Å². The quantitative estimate of drug-likeness (QED) is 0.274. The molecule has 0 bridgehead atoms. The molecule has 0 aromatic heterocycles. The van der Waals surface area contributed by atoms with Crippen LogP contribution in [0.5, 0.6) is 0 Å². The zero-order valence-electron chi connectivity index (χ0n) is 13.4. The van der Waals surface area contributed by atoms with Crippen molar-refractivity contribution in [2.75, 3.05) is 0 Å². The second-order valence-corrected chi connectivity index (χ2v) is 5.38. The van der Waals surface area contributed by atoms with Gasteiger partial charge in [0.05, 0.1) is 0 Å². The van der Waals surface area contributed by atoms with Gasteiger partial charge in [-0.15, -0.1) is 39.7 Å². The first kappa shape index (κ1) is 27.3. The van der Waals surface area contributed by atoms with Gasteiger partial charge in [0.25, 0.3) is 0 Å². The summed E-state index contributed by atoms with van der Waals surface area (Å²) in [6, 6.07) is 19.3. The number of hydrogen-bond donors (Lipinski definition) is 0. The number of nitrogens with one attached hydrogen (secondary N) is 1. The van der Waals surface area contributed by atoms with Crippen molar-refractivity contribution in [2.45, 2.75) is 20.0 Å². The maximum Gasteiger partial charge on any atom is 4.00 e. The number of carbonyl (C=O) groups is 1. The van der Waals surface area contributed by atoms with Crippen molar-refractivity contribution in [2.24, 2.45) is 0 Å². The van der Waals surface area contributed by atoms with Crippen molar-refractivity contribution in [3.63, 3.8) is 0 Å². The smallest absolute Gasteiger partial charge is 1.00 e. The van der Waals surface area contributed by atoms with Gasteiger partial charge in [-0.3, -0.25) is 0 Å². The second-order valence-electron chi connectivity index (χ2n) is 4.38. The van der Waals surface area contributed by atoms with Crippen LogP contribution in [0.3, 0.4) is 0 Å². The van der Waals surface area contributed by atoms with E-state index < -0.39 is 5.91 Å². The van der Waals surface area contributed by atoms with Crippen LogP contribution in [0.15, 0.2) is 54.6 Å². The minimum Gasteiger partial charge on any atom is -1.00 e. The molecule has 6 heteroatoms. The number of carbonyl (C=O) groups excluding carboxylic acids is 1. The summed E-state index contributed by atoms with van der Waals surface area (Å²) >= 11 is 0. The first-order chi connectivity index (χ1) is 9.60. The molecule has 3 aromatic carbocycles. The van der Waals surface area contributed by atoms with Gasteiger partial charge in [0.2, 0.25) is 0 Å². The normalized spacial score (nSPS) is 8.13. The fraction of sp³-hybridized carbons (Fsp3) is 0.176. The van der Waals surface area contributed by atoms with Crippen molar-refractivity contribution in [1.82, 2.24) is 0 Å². The van der Waals surface area contributed by atoms with Crippen LogP contribution in [0, 0.1) is 0 Å². The molecule has 0 spiro atoms. The molecule has 1 N–H and O–H groups in total. The average Bonchev–Trinajstić information content (AvgIpc) is 2.77. The summed E-state index contributed by atoms with van der Waals surface area (Å²) in [5, 5.41) is 5.39. The van der Waals surface area contributed by atoms with Crippen LogP contribution in [0.2, 0.25) is 13.1 Å². The molecule has 1 amide bonds. The van der Waals surface area contributed by atoms with E-state index in [-0.39, 0.29) is 50.7 Å². The van der Waals surface area contributed by atoms with Crippen LogP contribution in [0.25, 0.3) is 27.3 Å². The van der Waals surface area contributed by atoms with E-state index in [0.717, 1.165) is 9.52 Å². The van der Waals surface area contributed by atoms with Crippen LogP contribution in [0.4, 0.5) is 0 Å². The standard InChI is InChI=1S/C13H9.C2H5NO.C2H6Si.2ClH.Hf/c1-3-7-12-10(5-1)9-11-6-2-4-8-13(11)12;1-2(3)4;1-3-2;;;/h1-9H;1H3,(H2,3,4);1-2H3;2*1H;/q-1;;;;;+4/p-3. The number of amides is 1. The van der Waals surface area contributed by atoms with Crippen LogP contribution in [-0.4, -0.2) is 15.4 Å². The van der Waals surface area contributed by atoms with Crippen molar-refractivity contribution < 1.29 is 55.5 Å². The van der Waals surface area contributed by atoms with E-state index in [4.69, 9.17) is 10.5 Å². The fourth-order valence-electron chi connectivity index (χ4n) is 1.90. The Morgan fingerprint density at radius 2 is 1.17 bits per heavy atom. The summed E-state index contributed by atoms with van der Waals surface area (Å²) in [5.74, 6) is -0.583. The molecule has 0 aliphatic carbocycles. The molecule has 3 aromatic rings. The van der Waals surface area contributed by atoms with Gasteiger partial charge < -0.3 is 35.3 Å². The fourth-order valence-corrected chi connectivity index (χ4v) is 1.90. The predicted octanol–water partition coefficient (Wildman–Crippen LogP) is -0.911. The molecule has 23 heavy (non-hydrogen) atoms. The number of halogens is 2. The van der Waals surface area contributed by atoms with E-state index >= 15 is 0 Å². The summed E-state index contributed by atoms with van der Waals surface area (Å²) in [7, 11) is 1.08. The third-order valence-corrected chi connectivity index (χ3v) is 2.52. The Labute approximate surface area is 172 Å². The molecule has 0 aliphatic rings. The van der Waals surface area contributed by atoms with E-state index in [9.17, 15) is 0 Å². The monoisotopic (exact) mass is 531 g/mol. The largest absolute Gasteiger partial charge is 4.00 e. The average molecular weight is 531 g/mol. The molecular weight excluding hydrogens is 512 g/mol. The molecule has 2 radical (unpaired) electrons. The molecule has 3 rings (SSSR count). The topological polar surface area (TPSA) is 40.9 Å². The Bertz CT molecular complexity index is 634. The maximum absolute atomic E-state index is 9.11. The molecule has 0 atom stereocenters. The Balaban J connectivity index is -0.000000352. The molecule has 0 heterocycles. The number of rotatable bonds is 0. The van der Waals surface area contributed by atoms with Crippen molar-refractivity contribution in [3.05, 3.63) is 60.3 Å². The van der Waals surface area contributed by atoms with Crippen LogP contribution < -0.4 is 24.8 Å². The summed E-state index contributed by atoms with van der Waals surface area (Å²) in [5.41, 5.74) is 5.94. The van der Waals surface area contributed by atoms with Gasteiger partial charge in [-0.05, 0) is 6.92 Å². The summed E-state index contributed by atoms with van der Waals surface area (Å²) in [6.45, 7) is 5.50. The van der Waals surface area contributed by atoms with E-state index in [2.05, 4.69) is 67.7 Å². The van der Waals surface area contributed by atoms with Gasteiger partial charge in [0, 0.05) is 15.4 Å². The predicted molar refractivity (Wildman–Crippen MR) is 89.5 cm³/mol. The van der Waals surface area contributed by atoms with Crippen molar-refractivity contribution in [3.8, 4) is 0 Å². The third-order valence-electron chi connectivity index (χ3n) is 2.52. The van der Waals surface area contributed by atoms with E-state index in [1.165, 1.54) is 28.5 Å². The second kappa shape index (κ2) is 15.0. The molecule has 0 aliphatic heterocycles. The summed E-state index contributed by atoms with van der Waals surface area (Å²) in [6.07, 6.45) is 0. The minimum absolute atomic E-state index is 0. The SMILES string of the molecule is CC([NH-])=O.C[Si]C.[Cl-].[Cl-].[Hf+4].c1ccc2c(c1)[cH-]c1ccccc12. The van der Waals surface area contributed by atoms with E-state index in [1.54, 1.807) is 0 Å². The Morgan fingerprint density at radius 3 is 1.48 bits per heavy atom. The first-order valence-corrected chi connectivity index (χ1v) is 8.44. The third kappa shape index (κ3) is 9.35. The molecule has 0 saturated heterocycles. The van der Waals surface area contributed by atoms with Gasteiger partial charge in [0.15, 0.2) is 0 Å². The Kier molecular flexibility index (Phi) is 17.8. The maximum atomic E-state index is 9.11. The van der Waals surface area contributed by atoms with E-state index in [1.807, 2.05) is 0 Å². The van der Waals surface area contributed by atoms with Gasteiger partial charge in [-0.2, -0.15) is 0 Å². The number of benzene rings is 2. The number of hydrogen-bond acceptors (Lipinski definition) is 1. The van der Waals surface area contributed by atoms with Crippen molar-refractivity contribution >= 4 is 37.0 Å². The van der Waals surface area contributed by atoms with Gasteiger partial charge in [-0.25, -0.2) is 0 Å². The first-order valence-electron chi connectivity index (χ1n) is 6.44. The van der Waals surface area contributed by atoms with E-state index in [0.29, 0.717) is 0 Å². The van der Waals surface area contributed by atoms with Crippen molar-refractivity contribution in [1.29, 1.82) is 0 Å². The molecule has 0 unspecified atom stereocenters. The molecule has 2 nitrogen and oxygen atoms in total. The van der Waals surface area contributed by atoms with Gasteiger partial charge in [0.1, 0.15) is 0 Å². The van der Waals surface area contributed by atoms with Gasteiger partial charge in [-0.1, -0.05) is 49.5 Å². The van der Waals surface area contributed by atoms with Crippen LogP contribution >= 0.6 is 0 Å². The zero-order chi connectivity index (χ0) is 15.0.